The lowest BCUT2D eigenvalue weighted by Gasteiger charge is -2.32. The lowest BCUT2D eigenvalue weighted by Crippen LogP contribution is -2.42. The molecule has 0 aromatic heterocycles. The normalized spacial score (nSPS) is 20.3. The Bertz CT molecular complexity index is 226. The third-order valence-electron chi connectivity index (χ3n) is 2.60. The van der Waals surface area contributed by atoms with Gasteiger partial charge in [-0.05, 0) is 25.9 Å². The van der Waals surface area contributed by atoms with E-state index in [1.165, 1.54) is 7.11 Å². The molecule has 0 radical (unpaired) electrons. The Balaban J connectivity index is 2.73. The number of hydrogen-bond donors (Lipinski definition) is 1. The lowest BCUT2D eigenvalue weighted by atomic mass is 9.76. The van der Waals surface area contributed by atoms with Crippen LogP contribution in [0.1, 0.15) is 19.3 Å². The standard InChI is InChI=1S/C9H14N2O2/c1-13-8(12)9(2-5-10)3-6-11-7-4-9/h11H,2-4,6-7H2,1H3. The van der Waals surface area contributed by atoms with E-state index in [4.69, 9.17) is 10.00 Å². The maximum Gasteiger partial charge on any atom is 0.312 e. The van der Waals surface area contributed by atoms with Gasteiger partial charge in [0.25, 0.3) is 0 Å². The highest BCUT2D eigenvalue weighted by Gasteiger charge is 2.40. The lowest BCUT2D eigenvalue weighted by molar-refractivity contribution is -0.154. The summed E-state index contributed by atoms with van der Waals surface area (Å²) in [5.41, 5.74) is -0.547. The fourth-order valence-electron chi connectivity index (χ4n) is 1.73. The van der Waals surface area contributed by atoms with Crippen LogP contribution in [0.5, 0.6) is 0 Å². The van der Waals surface area contributed by atoms with Crippen LogP contribution in [0.15, 0.2) is 0 Å². The first kappa shape index (κ1) is 10.0. The van der Waals surface area contributed by atoms with Gasteiger partial charge in [0, 0.05) is 0 Å². The van der Waals surface area contributed by atoms with Crippen LogP contribution in [-0.2, 0) is 9.53 Å². The summed E-state index contributed by atoms with van der Waals surface area (Å²) in [6.45, 7) is 1.58. The van der Waals surface area contributed by atoms with Gasteiger partial charge in [-0.2, -0.15) is 5.26 Å². The van der Waals surface area contributed by atoms with Crippen LogP contribution in [0.2, 0.25) is 0 Å². The topological polar surface area (TPSA) is 62.1 Å². The van der Waals surface area contributed by atoms with Crippen molar-refractivity contribution in [3.63, 3.8) is 0 Å². The molecule has 0 aliphatic carbocycles. The minimum absolute atomic E-state index is 0.240. The molecule has 1 rings (SSSR count). The Labute approximate surface area is 77.9 Å². The Morgan fingerprint density at radius 1 is 1.62 bits per heavy atom. The monoisotopic (exact) mass is 182 g/mol. The van der Waals surface area contributed by atoms with Gasteiger partial charge in [-0.3, -0.25) is 4.79 Å². The van der Waals surface area contributed by atoms with E-state index in [0.717, 1.165) is 13.1 Å². The summed E-state index contributed by atoms with van der Waals surface area (Å²) in [6, 6.07) is 2.06. The second-order valence-electron chi connectivity index (χ2n) is 3.36. The average Bonchev–Trinajstić information content (AvgIpc) is 2.18. The Hall–Kier alpha value is -1.08. The summed E-state index contributed by atoms with van der Waals surface area (Å²) in [7, 11) is 1.38. The fraction of sp³-hybridized carbons (Fsp3) is 0.778. The van der Waals surface area contributed by atoms with Crippen molar-refractivity contribution in [1.82, 2.24) is 5.32 Å². The summed E-state index contributed by atoms with van der Waals surface area (Å²) in [6.07, 6.45) is 1.67. The number of esters is 1. The molecule has 13 heavy (non-hydrogen) atoms. The molecule has 1 aliphatic rings. The zero-order chi connectivity index (χ0) is 9.73. The van der Waals surface area contributed by atoms with Gasteiger partial charge >= 0.3 is 5.97 Å². The van der Waals surface area contributed by atoms with Crippen LogP contribution in [0.3, 0.4) is 0 Å². The highest BCUT2D eigenvalue weighted by atomic mass is 16.5. The molecular weight excluding hydrogens is 168 g/mol. The van der Waals surface area contributed by atoms with Gasteiger partial charge < -0.3 is 10.1 Å². The van der Waals surface area contributed by atoms with Gasteiger partial charge in [0.1, 0.15) is 0 Å². The number of carbonyl (C=O) groups excluding carboxylic acids is 1. The van der Waals surface area contributed by atoms with Gasteiger partial charge in [0.05, 0.1) is 25.0 Å². The van der Waals surface area contributed by atoms with E-state index in [0.29, 0.717) is 12.8 Å². The molecule has 0 atom stereocenters. The molecule has 0 aromatic carbocycles. The summed E-state index contributed by atoms with van der Waals surface area (Å²) >= 11 is 0. The molecule has 1 aliphatic heterocycles. The molecule has 1 heterocycles. The fourth-order valence-corrected chi connectivity index (χ4v) is 1.73. The molecule has 0 unspecified atom stereocenters. The van der Waals surface area contributed by atoms with E-state index < -0.39 is 5.41 Å². The van der Waals surface area contributed by atoms with Gasteiger partial charge in [-0.25, -0.2) is 0 Å². The minimum atomic E-state index is -0.547. The molecule has 0 spiro atoms. The molecule has 72 valence electrons. The molecule has 1 saturated heterocycles. The zero-order valence-electron chi connectivity index (χ0n) is 7.80. The zero-order valence-corrected chi connectivity index (χ0v) is 7.80. The van der Waals surface area contributed by atoms with Crippen LogP contribution in [-0.4, -0.2) is 26.2 Å². The number of nitrogens with one attached hydrogen (secondary N) is 1. The Morgan fingerprint density at radius 3 is 2.69 bits per heavy atom. The number of nitriles is 1. The number of carbonyl (C=O) groups is 1. The predicted molar refractivity (Wildman–Crippen MR) is 46.8 cm³/mol. The smallest absolute Gasteiger partial charge is 0.312 e. The predicted octanol–water partition coefficient (Wildman–Crippen LogP) is 0.443. The first-order chi connectivity index (χ1) is 6.25. The highest BCUT2D eigenvalue weighted by Crippen LogP contribution is 2.33. The maximum absolute atomic E-state index is 11.5. The van der Waals surface area contributed by atoms with Crippen LogP contribution < -0.4 is 5.32 Å². The SMILES string of the molecule is COC(=O)C1(CC#N)CCNCC1. The van der Waals surface area contributed by atoms with Crippen molar-refractivity contribution in [2.24, 2.45) is 5.41 Å². The Morgan fingerprint density at radius 2 is 2.23 bits per heavy atom. The van der Waals surface area contributed by atoms with Crippen molar-refractivity contribution in [2.75, 3.05) is 20.2 Å². The van der Waals surface area contributed by atoms with E-state index in [9.17, 15) is 4.79 Å². The quantitative estimate of drug-likeness (QED) is 0.629. The molecule has 4 heteroatoms. The number of nitrogens with zero attached hydrogens (tertiary/aromatic N) is 1. The van der Waals surface area contributed by atoms with Crippen LogP contribution in [0, 0.1) is 16.7 Å². The van der Waals surface area contributed by atoms with Gasteiger partial charge in [-0.15, -0.1) is 0 Å². The summed E-state index contributed by atoms with van der Waals surface area (Å²) in [5, 5.41) is 11.8. The van der Waals surface area contributed by atoms with E-state index in [1.54, 1.807) is 0 Å². The first-order valence-electron chi connectivity index (χ1n) is 4.41. The molecular formula is C9H14N2O2. The van der Waals surface area contributed by atoms with Crippen LogP contribution >= 0.6 is 0 Å². The van der Waals surface area contributed by atoms with Crippen molar-refractivity contribution in [3.05, 3.63) is 0 Å². The van der Waals surface area contributed by atoms with E-state index >= 15 is 0 Å². The summed E-state index contributed by atoms with van der Waals surface area (Å²) < 4.78 is 4.73. The number of rotatable bonds is 2. The maximum atomic E-state index is 11.5. The van der Waals surface area contributed by atoms with E-state index in [-0.39, 0.29) is 12.4 Å². The van der Waals surface area contributed by atoms with Crippen molar-refractivity contribution in [2.45, 2.75) is 19.3 Å². The molecule has 1 fully saturated rings. The number of piperidine rings is 1. The largest absolute Gasteiger partial charge is 0.469 e. The average molecular weight is 182 g/mol. The van der Waals surface area contributed by atoms with Gasteiger partial charge in [0.15, 0.2) is 0 Å². The molecule has 4 nitrogen and oxygen atoms in total. The van der Waals surface area contributed by atoms with Crippen LogP contribution in [0.4, 0.5) is 0 Å². The Kier molecular flexibility index (Phi) is 3.26. The molecule has 0 aromatic rings. The van der Waals surface area contributed by atoms with Crippen molar-refractivity contribution < 1.29 is 9.53 Å². The number of methoxy groups -OCH3 is 1. The van der Waals surface area contributed by atoms with Crippen molar-refractivity contribution >= 4 is 5.97 Å². The highest BCUT2D eigenvalue weighted by molar-refractivity contribution is 5.77. The summed E-state index contributed by atoms with van der Waals surface area (Å²) in [4.78, 5) is 11.5. The third-order valence-corrected chi connectivity index (χ3v) is 2.60. The van der Waals surface area contributed by atoms with Crippen LogP contribution in [0.25, 0.3) is 0 Å². The summed E-state index contributed by atoms with van der Waals surface area (Å²) in [5.74, 6) is -0.240. The van der Waals surface area contributed by atoms with Crippen molar-refractivity contribution in [3.8, 4) is 6.07 Å². The molecule has 0 amide bonds. The minimum Gasteiger partial charge on any atom is -0.469 e. The second-order valence-corrected chi connectivity index (χ2v) is 3.36. The second kappa shape index (κ2) is 4.24. The van der Waals surface area contributed by atoms with Gasteiger partial charge in [0.2, 0.25) is 0 Å². The number of ether oxygens (including phenoxy) is 1. The van der Waals surface area contributed by atoms with Crippen molar-refractivity contribution in [1.29, 1.82) is 5.26 Å². The molecule has 0 bridgehead atoms. The molecule has 1 N–H and O–H groups in total. The van der Waals surface area contributed by atoms with Gasteiger partial charge in [-0.1, -0.05) is 0 Å². The first-order valence-corrected chi connectivity index (χ1v) is 4.41. The molecule has 0 saturated carbocycles. The van der Waals surface area contributed by atoms with E-state index in [2.05, 4.69) is 11.4 Å². The third kappa shape index (κ3) is 1.99. The number of hydrogen-bond acceptors (Lipinski definition) is 4. The van der Waals surface area contributed by atoms with E-state index in [1.807, 2.05) is 0 Å².